The van der Waals surface area contributed by atoms with Gasteiger partial charge in [0.25, 0.3) is 5.89 Å². The summed E-state index contributed by atoms with van der Waals surface area (Å²) in [5.74, 6) is 1.27. The second-order valence-electron chi connectivity index (χ2n) is 6.34. The van der Waals surface area contributed by atoms with Gasteiger partial charge in [0, 0.05) is 31.0 Å². The maximum atomic E-state index is 5.84. The van der Waals surface area contributed by atoms with Crippen LogP contribution in [-0.4, -0.2) is 50.6 Å². The lowest BCUT2D eigenvalue weighted by Crippen LogP contribution is -2.43. The van der Waals surface area contributed by atoms with Crippen molar-refractivity contribution in [2.75, 3.05) is 19.7 Å². The minimum Gasteiger partial charge on any atom is -0.374 e. The minimum absolute atomic E-state index is 0.122. The van der Waals surface area contributed by atoms with Gasteiger partial charge in [-0.25, -0.2) is 0 Å². The van der Waals surface area contributed by atoms with Crippen LogP contribution in [-0.2, 0) is 17.8 Å². The second kappa shape index (κ2) is 7.16. The average molecular weight is 339 g/mol. The summed E-state index contributed by atoms with van der Waals surface area (Å²) in [6.07, 6.45) is 3.86. The van der Waals surface area contributed by atoms with E-state index in [9.17, 15) is 0 Å². The van der Waals surface area contributed by atoms with Crippen LogP contribution < -0.4 is 0 Å². The molecule has 25 heavy (non-hydrogen) atoms. The highest BCUT2D eigenvalue weighted by Crippen LogP contribution is 2.18. The van der Waals surface area contributed by atoms with Crippen LogP contribution in [0.2, 0.25) is 0 Å². The Morgan fingerprint density at radius 3 is 2.92 bits per heavy atom. The molecule has 0 bridgehead atoms. The van der Waals surface area contributed by atoms with Crippen LogP contribution in [0.5, 0.6) is 0 Å². The standard InChI is InChI=1S/C18H21N5O2/c1-14-3-5-15(6-4-14)18-20-17(21-25-18)13-22-9-10-24-16(11-22)12-23-8-2-7-19-23/h2-8,16H,9-13H2,1H3/t16-/m1/s1. The average Bonchev–Trinajstić information content (AvgIpc) is 3.28. The van der Waals surface area contributed by atoms with Gasteiger partial charge in [-0.1, -0.05) is 22.9 Å². The van der Waals surface area contributed by atoms with Gasteiger partial charge in [0.1, 0.15) is 0 Å². The fraction of sp³-hybridized carbons (Fsp3) is 0.389. The van der Waals surface area contributed by atoms with E-state index in [1.54, 1.807) is 6.20 Å². The summed E-state index contributed by atoms with van der Waals surface area (Å²) < 4.78 is 13.2. The zero-order valence-electron chi connectivity index (χ0n) is 14.2. The Labute approximate surface area is 146 Å². The third-order valence-electron chi connectivity index (χ3n) is 4.30. The number of hydrogen-bond acceptors (Lipinski definition) is 6. The summed E-state index contributed by atoms with van der Waals surface area (Å²) in [4.78, 5) is 6.82. The molecule has 0 radical (unpaired) electrons. The van der Waals surface area contributed by atoms with Crippen LogP contribution in [0.25, 0.3) is 11.5 Å². The quantitative estimate of drug-likeness (QED) is 0.709. The van der Waals surface area contributed by atoms with Crippen LogP contribution in [0.1, 0.15) is 11.4 Å². The van der Waals surface area contributed by atoms with Gasteiger partial charge in [-0.2, -0.15) is 10.1 Å². The number of hydrogen-bond donors (Lipinski definition) is 0. The number of ether oxygens (including phenoxy) is 1. The third kappa shape index (κ3) is 3.94. The van der Waals surface area contributed by atoms with E-state index in [4.69, 9.17) is 9.26 Å². The smallest absolute Gasteiger partial charge is 0.257 e. The molecule has 0 amide bonds. The van der Waals surface area contributed by atoms with Crippen LogP contribution in [0.4, 0.5) is 0 Å². The van der Waals surface area contributed by atoms with Gasteiger partial charge in [-0.3, -0.25) is 9.58 Å². The first kappa shape index (κ1) is 16.0. The van der Waals surface area contributed by atoms with Gasteiger partial charge >= 0.3 is 0 Å². The van der Waals surface area contributed by atoms with E-state index in [1.807, 2.05) is 41.2 Å². The summed E-state index contributed by atoms with van der Waals surface area (Å²) in [5.41, 5.74) is 2.16. The molecule has 3 aromatic rings. The molecule has 1 aliphatic rings. The fourth-order valence-electron chi connectivity index (χ4n) is 2.98. The number of aryl methyl sites for hydroxylation is 1. The molecule has 1 atom stereocenters. The minimum atomic E-state index is 0.122. The molecular formula is C18H21N5O2. The van der Waals surface area contributed by atoms with Crippen LogP contribution >= 0.6 is 0 Å². The van der Waals surface area contributed by atoms with Gasteiger partial charge < -0.3 is 9.26 Å². The molecule has 0 N–H and O–H groups in total. The lowest BCUT2D eigenvalue weighted by molar-refractivity contribution is -0.0410. The molecule has 1 fully saturated rings. The lowest BCUT2D eigenvalue weighted by Gasteiger charge is -2.31. The van der Waals surface area contributed by atoms with E-state index in [0.29, 0.717) is 24.9 Å². The van der Waals surface area contributed by atoms with Crippen molar-refractivity contribution in [1.82, 2.24) is 24.8 Å². The third-order valence-corrected chi connectivity index (χ3v) is 4.30. The van der Waals surface area contributed by atoms with E-state index in [0.717, 1.165) is 25.2 Å². The zero-order valence-corrected chi connectivity index (χ0v) is 14.2. The molecule has 130 valence electrons. The number of benzene rings is 1. The van der Waals surface area contributed by atoms with Crippen LogP contribution in [0.15, 0.2) is 47.2 Å². The molecule has 1 aromatic carbocycles. The fourth-order valence-corrected chi connectivity index (χ4v) is 2.98. The molecule has 2 aromatic heterocycles. The molecule has 1 saturated heterocycles. The number of morpholine rings is 1. The predicted molar refractivity (Wildman–Crippen MR) is 91.7 cm³/mol. The summed E-state index contributed by atoms with van der Waals surface area (Å²) in [6, 6.07) is 10.0. The summed E-state index contributed by atoms with van der Waals surface area (Å²) in [7, 11) is 0. The highest BCUT2D eigenvalue weighted by atomic mass is 16.5. The van der Waals surface area contributed by atoms with E-state index < -0.39 is 0 Å². The second-order valence-corrected chi connectivity index (χ2v) is 6.34. The molecule has 0 unspecified atom stereocenters. The number of nitrogens with zero attached hydrogens (tertiary/aromatic N) is 5. The Morgan fingerprint density at radius 2 is 2.12 bits per heavy atom. The summed E-state index contributed by atoms with van der Waals surface area (Å²) in [6.45, 7) is 5.87. The van der Waals surface area contributed by atoms with E-state index in [-0.39, 0.29) is 6.10 Å². The molecule has 7 nitrogen and oxygen atoms in total. The van der Waals surface area contributed by atoms with Gasteiger partial charge in [0.15, 0.2) is 5.82 Å². The monoisotopic (exact) mass is 339 g/mol. The van der Waals surface area contributed by atoms with E-state index in [1.165, 1.54) is 5.56 Å². The van der Waals surface area contributed by atoms with Crippen molar-refractivity contribution in [2.24, 2.45) is 0 Å². The maximum Gasteiger partial charge on any atom is 0.257 e. The molecule has 4 rings (SSSR count). The molecule has 7 heteroatoms. The van der Waals surface area contributed by atoms with Crippen molar-refractivity contribution < 1.29 is 9.26 Å². The van der Waals surface area contributed by atoms with E-state index in [2.05, 4.69) is 27.1 Å². The van der Waals surface area contributed by atoms with Crippen molar-refractivity contribution in [1.29, 1.82) is 0 Å². The Balaban J connectivity index is 1.37. The predicted octanol–water partition coefficient (Wildman–Crippen LogP) is 2.14. The first-order chi connectivity index (χ1) is 12.3. The lowest BCUT2D eigenvalue weighted by atomic mass is 10.1. The molecule has 3 heterocycles. The van der Waals surface area contributed by atoms with Crippen LogP contribution in [0, 0.1) is 6.92 Å². The Kier molecular flexibility index (Phi) is 4.58. The highest BCUT2D eigenvalue weighted by Gasteiger charge is 2.22. The van der Waals surface area contributed by atoms with Crippen molar-refractivity contribution in [3.05, 3.63) is 54.1 Å². The topological polar surface area (TPSA) is 69.2 Å². The first-order valence-electron chi connectivity index (χ1n) is 8.47. The van der Waals surface area contributed by atoms with Gasteiger partial charge in [0.2, 0.25) is 0 Å². The Hall–Kier alpha value is -2.51. The highest BCUT2D eigenvalue weighted by molar-refractivity contribution is 5.53. The SMILES string of the molecule is Cc1ccc(-c2nc(CN3CCO[C@@H](Cn4cccn4)C3)no2)cc1. The molecule has 0 aliphatic carbocycles. The molecule has 0 saturated carbocycles. The van der Waals surface area contributed by atoms with Crippen molar-refractivity contribution in [2.45, 2.75) is 26.1 Å². The largest absolute Gasteiger partial charge is 0.374 e. The van der Waals surface area contributed by atoms with Gasteiger partial charge in [0.05, 0.1) is 25.8 Å². The molecule has 1 aliphatic heterocycles. The number of aromatic nitrogens is 4. The molecule has 0 spiro atoms. The molecular weight excluding hydrogens is 318 g/mol. The number of rotatable bonds is 5. The summed E-state index contributed by atoms with van der Waals surface area (Å²) in [5, 5.41) is 8.36. The van der Waals surface area contributed by atoms with E-state index >= 15 is 0 Å². The van der Waals surface area contributed by atoms with Gasteiger partial charge in [-0.05, 0) is 25.1 Å². The van der Waals surface area contributed by atoms with Crippen molar-refractivity contribution in [3.8, 4) is 11.5 Å². The Bertz CT molecular complexity index is 797. The van der Waals surface area contributed by atoms with Crippen molar-refractivity contribution in [3.63, 3.8) is 0 Å². The summed E-state index contributed by atoms with van der Waals surface area (Å²) >= 11 is 0. The normalized spacial score (nSPS) is 18.5. The maximum absolute atomic E-state index is 5.84. The van der Waals surface area contributed by atoms with Gasteiger partial charge in [-0.15, -0.1) is 0 Å². The van der Waals surface area contributed by atoms with Crippen LogP contribution in [0.3, 0.4) is 0 Å². The first-order valence-corrected chi connectivity index (χ1v) is 8.47. The Morgan fingerprint density at radius 1 is 1.24 bits per heavy atom. The zero-order chi connectivity index (χ0) is 17.1. The van der Waals surface area contributed by atoms with Crippen molar-refractivity contribution >= 4 is 0 Å².